The van der Waals surface area contributed by atoms with Gasteiger partial charge in [-0.25, -0.2) is 28.8 Å². The van der Waals surface area contributed by atoms with Gasteiger partial charge in [0.25, 0.3) is 0 Å². The number of carboxylic acid groups (broad SMARTS) is 1. The number of rotatable bonds is 15. The number of azide groups is 2. The number of hydrogen-bond acceptors (Lipinski definition) is 24. The summed E-state index contributed by atoms with van der Waals surface area (Å²) in [6, 6.07) is 78.6. The number of carbonyl (C=O) groups excluding carboxylic acids is 7. The minimum atomic E-state index is -1.37. The number of esters is 3. The van der Waals surface area contributed by atoms with Gasteiger partial charge in [-0.05, 0) is 143 Å². The van der Waals surface area contributed by atoms with E-state index < -0.39 is 46.3 Å². The summed E-state index contributed by atoms with van der Waals surface area (Å²) in [6.07, 6.45) is -0.00176. The third-order valence-corrected chi connectivity index (χ3v) is 24.8. The van der Waals surface area contributed by atoms with Crippen LogP contribution in [0.4, 0.5) is 22.7 Å². The third kappa shape index (κ3) is 16.9. The van der Waals surface area contributed by atoms with Gasteiger partial charge in [0.05, 0.1) is 35.1 Å². The minimum Gasteiger partial charge on any atom is -0.577 e. The van der Waals surface area contributed by atoms with Gasteiger partial charge in [-0.3, -0.25) is 19.2 Å². The van der Waals surface area contributed by atoms with E-state index in [1.165, 1.54) is 36.4 Å². The number of carboxylic acids is 1. The average Bonchev–Trinajstić information content (AvgIpc) is 1.52. The summed E-state index contributed by atoms with van der Waals surface area (Å²) in [7, 11) is 0. The molecular formula is C98H72N10O19PS2-. The number of phenols is 1. The van der Waals surface area contributed by atoms with E-state index in [1.54, 1.807) is 180 Å². The molecule has 14 aromatic rings. The zero-order valence-electron chi connectivity index (χ0n) is 70.3. The predicted molar refractivity (Wildman–Crippen MR) is 489 cm³/mol. The maximum absolute atomic E-state index is 13.7. The van der Waals surface area contributed by atoms with E-state index in [1.807, 2.05) is 72.8 Å². The van der Waals surface area contributed by atoms with Crippen molar-refractivity contribution >= 4 is 124 Å². The second-order valence-corrected chi connectivity index (χ2v) is 32.4. The Labute approximate surface area is 752 Å². The van der Waals surface area contributed by atoms with Crippen LogP contribution in [0.5, 0.6) is 34.5 Å². The van der Waals surface area contributed by atoms with E-state index in [0.29, 0.717) is 168 Å². The van der Waals surface area contributed by atoms with Crippen LogP contribution >= 0.6 is 33.4 Å². The smallest absolute Gasteiger partial charge is 0.344 e. The zero-order valence-corrected chi connectivity index (χ0v) is 71.1. The van der Waals surface area contributed by atoms with Crippen LogP contribution in [0.3, 0.4) is 0 Å². The van der Waals surface area contributed by atoms with Gasteiger partial charge in [0.2, 0.25) is 22.0 Å². The van der Waals surface area contributed by atoms with Crippen LogP contribution in [0, 0.1) is 0 Å². The van der Waals surface area contributed by atoms with Gasteiger partial charge in [-0.2, -0.15) is 0 Å². The standard InChI is InChI=1S/C49H33N5O9S.C35H25N5O7.C14H10O3S.H2P.H2/c50-52-51-31-14-17-34-30(25-45(56)62-40(34)26-31)24-44(55)54-22-20-53(21-23-54)32-15-18-38-41(27-32)61-42-28-33(16-19-39(42)49(38)37-12-6-4-10-35(37)47(58)63-49)60-46(57)36-11-5-7-13-43(36)64-48(59)29-8-2-1-3-9-29;36-38-37-21-5-8-24-20(16-33(43)46-29(24)17-21)15-32(42)40-13-11-39(12-14-40)22-6-9-27-30(18-22)45-31-19-23(41)7-10-28(31)35(27)26-4-2-1-3-25(26)34(44)47-35;15-13(16)11-8-4-5-9-12(11)18-14(17)10-6-2-1-3-7-10;;/h1-19,25-28H,20-24H2;1-10,16-19,41H,11-15H2;1-9H,(H,15,16);1H2;1H/q;;;-1;/i;;;;1+1D. The van der Waals surface area contributed by atoms with Gasteiger partial charge < -0.3 is 72.2 Å². The molecule has 2 N–H and O–H groups in total. The normalized spacial score (nSPS) is 15.7. The molecule has 2 saturated heterocycles. The Bertz CT molecular complexity index is 7250. The van der Waals surface area contributed by atoms with E-state index >= 15 is 0 Å². The zero-order chi connectivity index (χ0) is 91.2. The third-order valence-electron chi connectivity index (χ3n) is 22.8. The van der Waals surface area contributed by atoms with Gasteiger partial charge in [0.15, 0.2) is 11.2 Å². The highest BCUT2D eigenvalue weighted by Gasteiger charge is 2.55. The highest BCUT2D eigenvalue weighted by Crippen LogP contribution is 2.59. The highest BCUT2D eigenvalue weighted by atomic mass is 32.2. The lowest BCUT2D eigenvalue weighted by molar-refractivity contribution is -0.131. The van der Waals surface area contributed by atoms with Crippen molar-refractivity contribution in [1.82, 2.24) is 9.80 Å². The number of thioether (sulfide) groups is 2. The van der Waals surface area contributed by atoms with E-state index in [4.69, 9.17) is 51.7 Å². The SMILES string of the molecule is O=C(Sc1ccccc1C(=O)O)c1ccccc1.[2H][2H].[N-]=[N+]=Nc1ccc2c(CC(=O)N3CCN(c4ccc5c(c4)Oc4cc(O)ccc4C54OC(=O)c5ccccc54)CC3)cc(=O)oc2c1.[N-]=[N+]=Nc1ccc2c(CC(=O)N3CCN(c4ccc5c(c4)Oc4cc(OC(=O)c6ccccc6SC(=O)c6ccccc6)ccc4C54OC(=O)c5ccccc54)CC3)cc(=O)oc2c1.[PH2-]. The fraction of sp³-hybridized carbons (Fsp3) is 0.122. The van der Waals surface area contributed by atoms with Crippen LogP contribution < -0.4 is 35.3 Å². The number of carbonyl (C=O) groups is 8. The highest BCUT2D eigenvalue weighted by molar-refractivity contribution is 8.14. The topological polar surface area (TPSA) is 394 Å². The Morgan fingerprint density at radius 3 is 1.30 bits per heavy atom. The molecule has 0 radical (unpaired) electrons. The molecule has 2 unspecified atom stereocenters. The number of aromatic carboxylic acids is 1. The molecule has 0 saturated carbocycles. The summed E-state index contributed by atoms with van der Waals surface area (Å²) in [5, 5.41) is 27.2. The Kier molecular flexibility index (Phi) is 23.8. The van der Waals surface area contributed by atoms with Crippen LogP contribution in [0.25, 0.3) is 42.8 Å². The van der Waals surface area contributed by atoms with Gasteiger partial charge in [-0.15, -0.1) is 0 Å². The predicted octanol–water partition coefficient (Wildman–Crippen LogP) is 19.1. The molecule has 0 aliphatic carbocycles. The summed E-state index contributed by atoms with van der Waals surface area (Å²) in [6.45, 7) is 3.83. The number of amides is 2. The Hall–Kier alpha value is -16.0. The molecule has 8 heterocycles. The monoisotopic (exact) mass is 1790 g/mol. The Morgan fingerprint density at radius 1 is 0.438 bits per heavy atom. The van der Waals surface area contributed by atoms with E-state index in [-0.39, 0.29) is 84.3 Å². The van der Waals surface area contributed by atoms with Gasteiger partial charge in [-0.1, -0.05) is 156 Å². The van der Waals surface area contributed by atoms with Crippen LogP contribution in [-0.2, 0) is 43.1 Å². The lowest BCUT2D eigenvalue weighted by Gasteiger charge is -2.39. The van der Waals surface area contributed by atoms with Crippen molar-refractivity contribution < 1.29 is 84.1 Å². The molecule has 2 fully saturated rings. The summed E-state index contributed by atoms with van der Waals surface area (Å²) in [5.41, 5.74) is 23.7. The van der Waals surface area contributed by atoms with Crippen molar-refractivity contribution in [2.24, 2.45) is 10.2 Å². The number of piperazine rings is 2. The largest absolute Gasteiger partial charge is 0.577 e. The van der Waals surface area contributed by atoms with Gasteiger partial charge >= 0.3 is 35.1 Å². The second-order valence-electron chi connectivity index (χ2n) is 30.3. The molecule has 2 spiro atoms. The first-order valence-corrected chi connectivity index (χ1v) is 42.1. The molecule has 32 heteroatoms. The number of phenolic OH excluding ortho intramolecular Hbond substituents is 1. The van der Waals surface area contributed by atoms with Crippen LogP contribution in [-0.4, -0.2) is 118 Å². The maximum Gasteiger partial charge on any atom is 0.344 e. The minimum absolute atomic E-state index is 0. The van der Waals surface area contributed by atoms with Crippen molar-refractivity contribution in [1.29, 1.82) is 0 Å². The number of ether oxygens (including phenoxy) is 5. The molecule has 2 atom stereocenters. The van der Waals surface area contributed by atoms with Gasteiger partial charge in [0.1, 0.15) is 45.7 Å². The van der Waals surface area contributed by atoms with Crippen LogP contribution in [0.15, 0.2) is 317 Å². The van der Waals surface area contributed by atoms with Gasteiger partial charge in [0, 0.05) is 189 Å². The number of benzene rings is 12. The molecule has 6 aliphatic rings. The van der Waals surface area contributed by atoms with Crippen molar-refractivity contribution in [2.75, 3.05) is 62.2 Å². The fourth-order valence-corrected chi connectivity index (χ4v) is 18.5. The summed E-state index contributed by atoms with van der Waals surface area (Å²) >= 11 is 1.87. The second kappa shape index (κ2) is 36.5. The number of hydrogen-bond donors (Lipinski definition) is 2. The van der Waals surface area contributed by atoms with Crippen molar-refractivity contribution in [3.05, 3.63) is 399 Å². The number of anilines is 2. The quantitative estimate of drug-likeness (QED) is 0.0141. The van der Waals surface area contributed by atoms with Crippen molar-refractivity contribution in [3.63, 3.8) is 0 Å². The molecule has 12 aromatic carbocycles. The molecular weight excluding hydrogens is 1720 g/mol. The molecule has 130 heavy (non-hydrogen) atoms. The molecule has 2 amide bonds. The first-order valence-electron chi connectivity index (χ1n) is 41.5. The first-order chi connectivity index (χ1) is 63.7. The first kappa shape index (κ1) is 84.8. The van der Waals surface area contributed by atoms with E-state index in [0.717, 1.165) is 34.9 Å². The summed E-state index contributed by atoms with van der Waals surface area (Å²) in [5.74, 6) is -1.06. The van der Waals surface area contributed by atoms with Crippen molar-refractivity contribution in [2.45, 2.75) is 33.8 Å². The van der Waals surface area contributed by atoms with E-state index in [2.05, 4.69) is 29.9 Å². The van der Waals surface area contributed by atoms with Crippen LogP contribution in [0.2, 0.25) is 0 Å². The maximum atomic E-state index is 13.7. The summed E-state index contributed by atoms with van der Waals surface area (Å²) in [4.78, 5) is 142. The fourth-order valence-electron chi connectivity index (χ4n) is 16.8. The lowest BCUT2D eigenvalue weighted by Crippen LogP contribution is -2.49. The average molecular weight is 1790 g/mol. The molecule has 20 rings (SSSR count). The lowest BCUT2D eigenvalue weighted by atomic mass is 9.77. The number of fused-ring (bicyclic) bond motifs is 14. The molecule has 0 bridgehead atoms. The summed E-state index contributed by atoms with van der Waals surface area (Å²) < 4.78 is 52.0. The number of nitrogens with zero attached hydrogens (tertiary/aromatic N) is 10. The number of aromatic hydroxyl groups is 1. The molecule has 29 nitrogen and oxygen atoms in total. The molecule has 2 aromatic heterocycles. The molecule has 6 aliphatic heterocycles. The Balaban J connectivity index is 0.000000163. The van der Waals surface area contributed by atoms with E-state index in [9.17, 15) is 53.1 Å². The molecule has 646 valence electrons. The Morgan fingerprint density at radius 2 is 0.838 bits per heavy atom. The van der Waals surface area contributed by atoms with Crippen LogP contribution in [0.1, 0.15) is 110 Å². The van der Waals surface area contributed by atoms with Crippen molar-refractivity contribution in [3.8, 4) is 34.5 Å².